The van der Waals surface area contributed by atoms with Crippen LogP contribution in [0, 0.1) is 12.8 Å². The predicted molar refractivity (Wildman–Crippen MR) is 68.4 cm³/mol. The van der Waals surface area contributed by atoms with Crippen LogP contribution in [0.25, 0.3) is 0 Å². The van der Waals surface area contributed by atoms with Gasteiger partial charge in [-0.05, 0) is 38.3 Å². The van der Waals surface area contributed by atoms with Crippen LogP contribution in [-0.2, 0) is 11.2 Å². The zero-order valence-corrected chi connectivity index (χ0v) is 10.8. The molecule has 2 heteroatoms. The molecule has 0 saturated carbocycles. The van der Waals surface area contributed by atoms with E-state index in [1.807, 2.05) is 6.07 Å². The Kier molecular flexibility index (Phi) is 3.51. The Bertz CT molecular complexity index is 423. The molecule has 1 aromatic carbocycles. The van der Waals surface area contributed by atoms with Gasteiger partial charge in [0.05, 0.1) is 0 Å². The molecule has 0 amide bonds. The molecule has 92 valence electrons. The van der Waals surface area contributed by atoms with Gasteiger partial charge in [-0.25, -0.2) is 0 Å². The van der Waals surface area contributed by atoms with E-state index in [9.17, 15) is 4.79 Å². The molecule has 1 aliphatic rings. The molecule has 0 bridgehead atoms. The number of carbonyl (C=O) groups excluding carboxylic acids is 1. The van der Waals surface area contributed by atoms with Crippen molar-refractivity contribution in [3.63, 3.8) is 0 Å². The van der Waals surface area contributed by atoms with Gasteiger partial charge in [0.2, 0.25) is 0 Å². The molecular weight excluding hydrogens is 212 g/mol. The van der Waals surface area contributed by atoms with Crippen LogP contribution < -0.4 is 4.74 Å². The number of ether oxygens (including phenoxy) is 1. The van der Waals surface area contributed by atoms with Gasteiger partial charge in [0, 0.05) is 12.3 Å². The number of ketones is 1. The third-order valence-corrected chi connectivity index (χ3v) is 3.57. The van der Waals surface area contributed by atoms with Crippen molar-refractivity contribution in [3.8, 4) is 5.75 Å². The van der Waals surface area contributed by atoms with Crippen molar-refractivity contribution in [2.45, 2.75) is 46.1 Å². The minimum absolute atomic E-state index is 0.149. The molecular formula is C15H20O2. The first kappa shape index (κ1) is 12.2. The molecule has 0 aromatic heterocycles. The lowest BCUT2D eigenvalue weighted by molar-refractivity contribution is -0.121. The van der Waals surface area contributed by atoms with Gasteiger partial charge in [0.25, 0.3) is 0 Å². The lowest BCUT2D eigenvalue weighted by atomic mass is 9.93. The topological polar surface area (TPSA) is 26.3 Å². The molecule has 2 atom stereocenters. The molecule has 17 heavy (non-hydrogen) atoms. The number of benzene rings is 1. The minimum atomic E-state index is 0.149. The molecule has 2 rings (SSSR count). The van der Waals surface area contributed by atoms with E-state index < -0.39 is 0 Å². The fourth-order valence-electron chi connectivity index (χ4n) is 2.52. The third-order valence-electron chi connectivity index (χ3n) is 3.57. The Labute approximate surface area is 103 Å². The van der Waals surface area contributed by atoms with Gasteiger partial charge >= 0.3 is 0 Å². The average molecular weight is 232 g/mol. The Morgan fingerprint density at radius 2 is 2.29 bits per heavy atom. The van der Waals surface area contributed by atoms with E-state index in [4.69, 9.17) is 4.74 Å². The second-order valence-corrected chi connectivity index (χ2v) is 5.01. The first-order valence-electron chi connectivity index (χ1n) is 6.36. The average Bonchev–Trinajstić information content (AvgIpc) is 2.66. The second-order valence-electron chi connectivity index (χ2n) is 5.01. The molecule has 1 aliphatic heterocycles. The van der Waals surface area contributed by atoms with E-state index in [-0.39, 0.29) is 17.8 Å². The number of Topliss-reactive ketones (excluding diaryl/α,β-unsaturated/α-hetero) is 1. The second kappa shape index (κ2) is 4.91. The summed E-state index contributed by atoms with van der Waals surface area (Å²) in [6.07, 6.45) is 2.88. The molecule has 1 heterocycles. The van der Waals surface area contributed by atoms with Crippen molar-refractivity contribution in [2.24, 2.45) is 5.92 Å². The van der Waals surface area contributed by atoms with E-state index in [2.05, 4.69) is 26.0 Å². The normalized spacial score (nSPS) is 19.6. The van der Waals surface area contributed by atoms with Crippen LogP contribution in [0.15, 0.2) is 18.2 Å². The highest BCUT2D eigenvalue weighted by molar-refractivity contribution is 5.78. The smallest absolute Gasteiger partial charge is 0.133 e. The number of hydrogen-bond donors (Lipinski definition) is 0. The van der Waals surface area contributed by atoms with Crippen LogP contribution in [0.3, 0.4) is 0 Å². The molecule has 0 N–H and O–H groups in total. The van der Waals surface area contributed by atoms with Crippen LogP contribution in [0.1, 0.15) is 37.8 Å². The van der Waals surface area contributed by atoms with Gasteiger partial charge in [-0.3, -0.25) is 4.79 Å². The van der Waals surface area contributed by atoms with E-state index in [1.54, 1.807) is 6.92 Å². The minimum Gasteiger partial charge on any atom is -0.490 e. The van der Waals surface area contributed by atoms with Crippen molar-refractivity contribution in [1.82, 2.24) is 0 Å². The quantitative estimate of drug-likeness (QED) is 0.796. The lowest BCUT2D eigenvalue weighted by Gasteiger charge is -2.16. The summed E-state index contributed by atoms with van der Waals surface area (Å²) in [6, 6.07) is 6.30. The van der Waals surface area contributed by atoms with E-state index in [1.165, 1.54) is 11.1 Å². The fraction of sp³-hybridized carbons (Fsp3) is 0.533. The number of hydrogen-bond acceptors (Lipinski definition) is 2. The summed E-state index contributed by atoms with van der Waals surface area (Å²) in [5, 5.41) is 0. The molecule has 0 aliphatic carbocycles. The molecule has 1 aromatic rings. The summed E-state index contributed by atoms with van der Waals surface area (Å²) in [7, 11) is 0. The first-order valence-corrected chi connectivity index (χ1v) is 6.36. The van der Waals surface area contributed by atoms with Gasteiger partial charge in [0.1, 0.15) is 17.6 Å². The zero-order valence-electron chi connectivity index (χ0n) is 10.8. The molecule has 0 saturated heterocycles. The first-order chi connectivity index (χ1) is 8.10. The van der Waals surface area contributed by atoms with Crippen molar-refractivity contribution >= 4 is 5.78 Å². The van der Waals surface area contributed by atoms with Gasteiger partial charge in [-0.15, -0.1) is 0 Å². The van der Waals surface area contributed by atoms with Crippen molar-refractivity contribution in [3.05, 3.63) is 29.3 Å². The summed E-state index contributed by atoms with van der Waals surface area (Å²) < 4.78 is 5.89. The largest absolute Gasteiger partial charge is 0.490 e. The van der Waals surface area contributed by atoms with Gasteiger partial charge in [0.15, 0.2) is 0 Å². The van der Waals surface area contributed by atoms with Gasteiger partial charge in [-0.1, -0.05) is 24.6 Å². The van der Waals surface area contributed by atoms with Crippen LogP contribution in [0.4, 0.5) is 0 Å². The highest BCUT2D eigenvalue weighted by atomic mass is 16.5. The molecule has 0 radical (unpaired) electrons. The fourth-order valence-corrected chi connectivity index (χ4v) is 2.52. The maximum atomic E-state index is 11.4. The summed E-state index contributed by atoms with van der Waals surface area (Å²) in [6.45, 7) is 5.84. The van der Waals surface area contributed by atoms with E-state index >= 15 is 0 Å². The zero-order chi connectivity index (χ0) is 12.4. The van der Waals surface area contributed by atoms with Crippen molar-refractivity contribution in [2.75, 3.05) is 0 Å². The monoisotopic (exact) mass is 232 g/mol. The Morgan fingerprint density at radius 1 is 1.53 bits per heavy atom. The summed E-state index contributed by atoms with van der Waals surface area (Å²) >= 11 is 0. The SMILES string of the molecule is CCC(CC1Cc2cc(C)ccc2O1)C(C)=O. The Hall–Kier alpha value is -1.31. The van der Waals surface area contributed by atoms with Gasteiger partial charge in [-0.2, -0.15) is 0 Å². The van der Waals surface area contributed by atoms with Crippen LogP contribution >= 0.6 is 0 Å². The van der Waals surface area contributed by atoms with Crippen LogP contribution in [-0.4, -0.2) is 11.9 Å². The lowest BCUT2D eigenvalue weighted by Crippen LogP contribution is -2.22. The molecule has 2 unspecified atom stereocenters. The maximum absolute atomic E-state index is 11.4. The van der Waals surface area contributed by atoms with Crippen molar-refractivity contribution < 1.29 is 9.53 Å². The number of rotatable bonds is 4. The van der Waals surface area contributed by atoms with E-state index in [0.717, 1.165) is 25.0 Å². The van der Waals surface area contributed by atoms with Crippen LogP contribution in [0.5, 0.6) is 5.75 Å². The van der Waals surface area contributed by atoms with Crippen LogP contribution in [0.2, 0.25) is 0 Å². The summed E-state index contributed by atoms with van der Waals surface area (Å²) in [5.74, 6) is 1.43. The number of carbonyl (C=O) groups is 1. The standard InChI is InChI=1S/C15H20O2/c1-4-12(11(3)16)8-14-9-13-7-10(2)5-6-15(13)17-14/h5-7,12,14H,4,8-9H2,1-3H3. The molecule has 0 spiro atoms. The van der Waals surface area contributed by atoms with E-state index in [0.29, 0.717) is 0 Å². The Balaban J connectivity index is 2.02. The maximum Gasteiger partial charge on any atom is 0.133 e. The Morgan fingerprint density at radius 3 is 2.94 bits per heavy atom. The predicted octanol–water partition coefficient (Wildman–Crippen LogP) is 3.30. The third kappa shape index (κ3) is 2.68. The van der Waals surface area contributed by atoms with Crippen molar-refractivity contribution in [1.29, 1.82) is 0 Å². The summed E-state index contributed by atoms with van der Waals surface area (Å²) in [5.41, 5.74) is 2.56. The number of aryl methyl sites for hydroxylation is 1. The summed E-state index contributed by atoms with van der Waals surface area (Å²) in [4.78, 5) is 11.4. The number of fused-ring (bicyclic) bond motifs is 1. The highest BCUT2D eigenvalue weighted by Gasteiger charge is 2.26. The highest BCUT2D eigenvalue weighted by Crippen LogP contribution is 2.32. The van der Waals surface area contributed by atoms with Gasteiger partial charge < -0.3 is 4.74 Å². The molecule has 0 fully saturated rings. The molecule has 2 nitrogen and oxygen atoms in total.